The summed E-state index contributed by atoms with van der Waals surface area (Å²) in [5.41, 5.74) is 2.12. The molecule has 4 rings (SSSR count). The van der Waals surface area contributed by atoms with Crippen molar-refractivity contribution in [1.29, 1.82) is 0 Å². The van der Waals surface area contributed by atoms with E-state index in [-0.39, 0.29) is 0 Å². The average Bonchev–Trinajstić information content (AvgIpc) is 2.80. The summed E-state index contributed by atoms with van der Waals surface area (Å²) in [6, 6.07) is 3.71. The number of benzene rings is 1. The Kier molecular flexibility index (Phi) is 2.11. The molecule has 0 N–H and O–H groups in total. The van der Waals surface area contributed by atoms with Gasteiger partial charge in [-0.2, -0.15) is 0 Å². The number of rotatable bonds is 0. The van der Waals surface area contributed by atoms with Crippen LogP contribution in [0.3, 0.4) is 0 Å². The van der Waals surface area contributed by atoms with E-state index in [0.717, 1.165) is 16.9 Å². The van der Waals surface area contributed by atoms with Gasteiger partial charge in [0.2, 0.25) is 0 Å². The zero-order valence-electron chi connectivity index (χ0n) is 10.1. The number of aromatic nitrogens is 4. The third-order valence-electron chi connectivity index (χ3n) is 3.11. The Morgan fingerprint density at radius 1 is 1.16 bits per heavy atom. The number of nitrogens with zero attached hydrogens (tertiary/aromatic N) is 4. The van der Waals surface area contributed by atoms with Crippen LogP contribution in [0.25, 0.3) is 16.7 Å². The van der Waals surface area contributed by atoms with Gasteiger partial charge in [0.15, 0.2) is 22.3 Å². The van der Waals surface area contributed by atoms with Crippen molar-refractivity contribution in [3.63, 3.8) is 0 Å². The van der Waals surface area contributed by atoms with Crippen molar-refractivity contribution in [2.75, 3.05) is 13.2 Å². The molecule has 0 radical (unpaired) electrons. The van der Waals surface area contributed by atoms with Gasteiger partial charge in [0.25, 0.3) is 0 Å². The van der Waals surface area contributed by atoms with Crippen LogP contribution in [-0.4, -0.2) is 32.8 Å². The molecule has 0 aliphatic carbocycles. The van der Waals surface area contributed by atoms with Gasteiger partial charge < -0.3 is 9.47 Å². The van der Waals surface area contributed by atoms with Crippen molar-refractivity contribution < 1.29 is 9.47 Å². The summed E-state index contributed by atoms with van der Waals surface area (Å²) in [5, 5.41) is 8.39. The molecule has 96 valence electrons. The zero-order valence-corrected chi connectivity index (χ0v) is 10.8. The minimum Gasteiger partial charge on any atom is -0.486 e. The standard InChI is InChI=1S/C12H9ClN4O2/c1-6-15-16-12-11(13)14-7-4-9-10(19-3-2-18-9)5-8(7)17(6)12/h4-5H,2-3H2,1H3. The smallest absolute Gasteiger partial charge is 0.199 e. The van der Waals surface area contributed by atoms with Gasteiger partial charge in [-0.1, -0.05) is 11.6 Å². The average molecular weight is 277 g/mol. The number of halogens is 1. The summed E-state index contributed by atoms with van der Waals surface area (Å²) in [5.74, 6) is 2.14. The minimum atomic E-state index is 0.324. The fraction of sp³-hybridized carbons (Fsp3) is 0.250. The van der Waals surface area contributed by atoms with Gasteiger partial charge in [-0.3, -0.25) is 4.40 Å². The van der Waals surface area contributed by atoms with Gasteiger partial charge in [-0.15, -0.1) is 10.2 Å². The first kappa shape index (κ1) is 10.8. The molecule has 0 fully saturated rings. The van der Waals surface area contributed by atoms with E-state index in [9.17, 15) is 0 Å². The number of ether oxygens (including phenoxy) is 2. The summed E-state index contributed by atoms with van der Waals surface area (Å²) in [7, 11) is 0. The molecule has 0 bridgehead atoms. The number of fused-ring (bicyclic) bond motifs is 4. The Hall–Kier alpha value is -2.08. The van der Waals surface area contributed by atoms with E-state index < -0.39 is 0 Å². The molecule has 0 spiro atoms. The molecule has 0 unspecified atom stereocenters. The van der Waals surface area contributed by atoms with Crippen molar-refractivity contribution in [3.05, 3.63) is 23.1 Å². The van der Waals surface area contributed by atoms with Gasteiger partial charge in [0, 0.05) is 12.1 Å². The normalized spacial score (nSPS) is 14.2. The Labute approximate surface area is 112 Å². The highest BCUT2D eigenvalue weighted by molar-refractivity contribution is 6.32. The lowest BCUT2D eigenvalue weighted by atomic mass is 10.2. The summed E-state index contributed by atoms with van der Waals surface area (Å²) < 4.78 is 13.0. The fourth-order valence-corrected chi connectivity index (χ4v) is 2.49. The van der Waals surface area contributed by atoms with Crippen molar-refractivity contribution in [1.82, 2.24) is 19.6 Å². The monoisotopic (exact) mass is 276 g/mol. The molecular weight excluding hydrogens is 268 g/mol. The van der Waals surface area contributed by atoms with Crippen LogP contribution < -0.4 is 9.47 Å². The summed E-state index contributed by atoms with van der Waals surface area (Å²) >= 11 is 6.13. The van der Waals surface area contributed by atoms with Crippen LogP contribution in [0.5, 0.6) is 11.5 Å². The van der Waals surface area contributed by atoms with E-state index in [2.05, 4.69) is 15.2 Å². The highest BCUT2D eigenvalue weighted by atomic mass is 35.5. The highest BCUT2D eigenvalue weighted by Crippen LogP contribution is 2.35. The van der Waals surface area contributed by atoms with E-state index in [1.54, 1.807) is 0 Å². The molecule has 0 atom stereocenters. The topological polar surface area (TPSA) is 61.5 Å². The van der Waals surface area contributed by atoms with Crippen LogP contribution in [0.4, 0.5) is 0 Å². The van der Waals surface area contributed by atoms with Gasteiger partial charge in [-0.25, -0.2) is 4.98 Å². The lowest BCUT2D eigenvalue weighted by molar-refractivity contribution is 0.172. The molecule has 1 aliphatic heterocycles. The van der Waals surface area contributed by atoms with E-state index in [0.29, 0.717) is 35.5 Å². The van der Waals surface area contributed by atoms with Crippen molar-refractivity contribution in [3.8, 4) is 11.5 Å². The predicted octanol–water partition coefficient (Wildman–Crippen LogP) is 2.01. The Balaban J connectivity index is 2.17. The lowest BCUT2D eigenvalue weighted by Gasteiger charge is -2.19. The van der Waals surface area contributed by atoms with E-state index in [1.807, 2.05) is 23.5 Å². The molecule has 1 aliphatic rings. The third kappa shape index (κ3) is 1.46. The molecule has 3 aromatic rings. The summed E-state index contributed by atoms with van der Waals surface area (Å²) in [6.07, 6.45) is 0. The molecular formula is C12H9ClN4O2. The predicted molar refractivity (Wildman–Crippen MR) is 69.0 cm³/mol. The number of hydrogen-bond acceptors (Lipinski definition) is 5. The first-order chi connectivity index (χ1) is 9.24. The van der Waals surface area contributed by atoms with Crippen molar-refractivity contribution >= 4 is 28.3 Å². The SMILES string of the molecule is Cc1nnc2c(Cl)nc3cc4c(cc3n12)OCCO4. The number of aryl methyl sites for hydroxylation is 1. The van der Waals surface area contributed by atoms with Gasteiger partial charge in [-0.05, 0) is 6.92 Å². The van der Waals surface area contributed by atoms with Gasteiger partial charge in [0.05, 0.1) is 11.0 Å². The molecule has 1 aromatic carbocycles. The van der Waals surface area contributed by atoms with Crippen LogP contribution in [-0.2, 0) is 0 Å². The summed E-state index contributed by atoms with van der Waals surface area (Å²) in [4.78, 5) is 4.33. The summed E-state index contributed by atoms with van der Waals surface area (Å²) in [6.45, 7) is 2.95. The second-order valence-corrected chi connectivity index (χ2v) is 4.65. The van der Waals surface area contributed by atoms with Crippen molar-refractivity contribution in [2.24, 2.45) is 0 Å². The first-order valence-corrected chi connectivity index (χ1v) is 6.22. The molecule has 3 heterocycles. The second-order valence-electron chi connectivity index (χ2n) is 4.29. The molecule has 2 aromatic heterocycles. The molecule has 7 heteroatoms. The van der Waals surface area contributed by atoms with Crippen LogP contribution in [0.15, 0.2) is 12.1 Å². The van der Waals surface area contributed by atoms with Crippen LogP contribution >= 0.6 is 11.6 Å². The molecule has 19 heavy (non-hydrogen) atoms. The molecule has 6 nitrogen and oxygen atoms in total. The van der Waals surface area contributed by atoms with E-state index in [1.165, 1.54) is 0 Å². The van der Waals surface area contributed by atoms with Crippen LogP contribution in [0.2, 0.25) is 5.15 Å². The zero-order chi connectivity index (χ0) is 13.0. The Morgan fingerprint density at radius 2 is 1.89 bits per heavy atom. The molecule has 0 saturated heterocycles. The third-order valence-corrected chi connectivity index (χ3v) is 3.36. The molecule has 0 amide bonds. The van der Waals surface area contributed by atoms with Gasteiger partial charge in [0.1, 0.15) is 19.0 Å². The Morgan fingerprint density at radius 3 is 2.68 bits per heavy atom. The van der Waals surface area contributed by atoms with E-state index >= 15 is 0 Å². The Bertz CT molecular complexity index is 814. The first-order valence-electron chi connectivity index (χ1n) is 5.84. The maximum Gasteiger partial charge on any atom is 0.199 e. The fourth-order valence-electron chi connectivity index (χ4n) is 2.28. The van der Waals surface area contributed by atoms with Crippen molar-refractivity contribution in [2.45, 2.75) is 6.92 Å². The molecule has 0 saturated carbocycles. The van der Waals surface area contributed by atoms with Crippen LogP contribution in [0.1, 0.15) is 5.82 Å². The largest absolute Gasteiger partial charge is 0.486 e. The van der Waals surface area contributed by atoms with Gasteiger partial charge >= 0.3 is 0 Å². The minimum absolute atomic E-state index is 0.324. The van der Waals surface area contributed by atoms with Crippen LogP contribution in [0, 0.1) is 6.92 Å². The van der Waals surface area contributed by atoms with E-state index in [4.69, 9.17) is 21.1 Å². The maximum absolute atomic E-state index is 6.13. The quantitative estimate of drug-likeness (QED) is 0.628. The number of hydrogen-bond donors (Lipinski definition) is 0. The second kappa shape index (κ2) is 3.71. The highest BCUT2D eigenvalue weighted by Gasteiger charge is 2.17. The lowest BCUT2D eigenvalue weighted by Crippen LogP contribution is -2.15. The maximum atomic E-state index is 6.13.